The lowest BCUT2D eigenvalue weighted by atomic mass is 10.3. The molecule has 4 N–H and O–H groups in total. The number of amides is 1. The molecule has 0 spiro atoms. The maximum absolute atomic E-state index is 11.4. The number of halogens is 1. The number of nitrogens with zero attached hydrogens (tertiary/aromatic N) is 1. The Morgan fingerprint density at radius 1 is 1.53 bits per heavy atom. The van der Waals surface area contributed by atoms with Gasteiger partial charge in [0, 0.05) is 32.2 Å². The van der Waals surface area contributed by atoms with Crippen molar-refractivity contribution in [3.63, 3.8) is 0 Å². The number of aliphatic imine (C=N–C) groups is 1. The summed E-state index contributed by atoms with van der Waals surface area (Å²) in [5.41, 5.74) is 5.70. The van der Waals surface area contributed by atoms with E-state index < -0.39 is 0 Å². The molecule has 19 heavy (non-hydrogen) atoms. The van der Waals surface area contributed by atoms with Crippen LogP contribution < -0.4 is 16.4 Å². The van der Waals surface area contributed by atoms with E-state index in [1.165, 1.54) is 0 Å². The minimum Gasteiger partial charge on any atom is -0.383 e. The minimum absolute atomic E-state index is 0. The van der Waals surface area contributed by atoms with Crippen LogP contribution >= 0.6 is 24.0 Å². The van der Waals surface area contributed by atoms with E-state index in [4.69, 9.17) is 10.5 Å². The number of methoxy groups -OCH3 is 1. The molecule has 0 aliphatic heterocycles. The molecule has 112 valence electrons. The molecule has 0 radical (unpaired) electrons. The second-order valence-electron chi connectivity index (χ2n) is 4.71. The summed E-state index contributed by atoms with van der Waals surface area (Å²) in [6.07, 6.45) is 3.48. The number of rotatable bonds is 8. The van der Waals surface area contributed by atoms with E-state index >= 15 is 0 Å². The second kappa shape index (κ2) is 10.2. The van der Waals surface area contributed by atoms with Crippen molar-refractivity contribution in [1.29, 1.82) is 0 Å². The standard InChI is InChI=1S/C12H24N4O2.HI/c1-9(8-18-2)15-12(13)14-7-3-4-11(17)16-10-5-6-10;/h9-10H,3-8H2,1-2H3,(H,16,17)(H3,13,14,15);1H. The van der Waals surface area contributed by atoms with Gasteiger partial charge in [-0.3, -0.25) is 9.79 Å². The summed E-state index contributed by atoms with van der Waals surface area (Å²) < 4.78 is 4.98. The zero-order valence-corrected chi connectivity index (χ0v) is 14.0. The molecule has 1 aliphatic rings. The average Bonchev–Trinajstić information content (AvgIpc) is 3.08. The Labute approximate surface area is 132 Å². The largest absolute Gasteiger partial charge is 0.383 e. The quantitative estimate of drug-likeness (QED) is 0.248. The van der Waals surface area contributed by atoms with Gasteiger partial charge < -0.3 is 21.1 Å². The van der Waals surface area contributed by atoms with Crippen LogP contribution in [0.15, 0.2) is 4.99 Å². The molecule has 1 fully saturated rings. The smallest absolute Gasteiger partial charge is 0.220 e. The molecular weight excluding hydrogens is 359 g/mol. The van der Waals surface area contributed by atoms with Crippen LogP contribution in [0.5, 0.6) is 0 Å². The van der Waals surface area contributed by atoms with Crippen molar-refractivity contribution in [2.24, 2.45) is 10.7 Å². The van der Waals surface area contributed by atoms with Gasteiger partial charge in [0.05, 0.1) is 6.61 Å². The first-order valence-electron chi connectivity index (χ1n) is 6.46. The summed E-state index contributed by atoms with van der Waals surface area (Å²) in [5, 5.41) is 5.95. The minimum atomic E-state index is 0. The highest BCUT2D eigenvalue weighted by atomic mass is 127. The molecule has 1 rings (SSSR count). The zero-order chi connectivity index (χ0) is 13.4. The lowest BCUT2D eigenvalue weighted by molar-refractivity contribution is -0.121. The molecule has 1 saturated carbocycles. The van der Waals surface area contributed by atoms with E-state index in [9.17, 15) is 4.79 Å². The highest BCUT2D eigenvalue weighted by Crippen LogP contribution is 2.18. The number of nitrogens with two attached hydrogens (primary N) is 1. The number of hydrogen-bond donors (Lipinski definition) is 3. The molecule has 1 aliphatic carbocycles. The van der Waals surface area contributed by atoms with Crippen molar-refractivity contribution < 1.29 is 9.53 Å². The first-order chi connectivity index (χ1) is 8.61. The van der Waals surface area contributed by atoms with E-state index in [2.05, 4.69) is 15.6 Å². The van der Waals surface area contributed by atoms with Crippen LogP contribution in [0.3, 0.4) is 0 Å². The fourth-order valence-electron chi connectivity index (χ4n) is 1.56. The van der Waals surface area contributed by atoms with Gasteiger partial charge in [0.25, 0.3) is 0 Å². The van der Waals surface area contributed by atoms with Crippen LogP contribution in [-0.4, -0.2) is 44.2 Å². The Morgan fingerprint density at radius 3 is 2.79 bits per heavy atom. The second-order valence-corrected chi connectivity index (χ2v) is 4.71. The molecule has 6 nitrogen and oxygen atoms in total. The molecule has 7 heteroatoms. The van der Waals surface area contributed by atoms with Crippen molar-refractivity contribution in [2.45, 2.75) is 44.7 Å². The third-order valence-electron chi connectivity index (χ3n) is 2.60. The average molecular weight is 384 g/mol. The first-order valence-corrected chi connectivity index (χ1v) is 6.46. The number of hydrogen-bond acceptors (Lipinski definition) is 3. The van der Waals surface area contributed by atoms with Gasteiger partial charge in [-0.15, -0.1) is 24.0 Å². The van der Waals surface area contributed by atoms with Gasteiger partial charge in [-0.25, -0.2) is 0 Å². The Balaban J connectivity index is 0.00000324. The summed E-state index contributed by atoms with van der Waals surface area (Å²) >= 11 is 0. The monoisotopic (exact) mass is 384 g/mol. The number of guanidine groups is 1. The number of ether oxygens (including phenoxy) is 1. The first kappa shape index (κ1) is 18.4. The fourth-order valence-corrected chi connectivity index (χ4v) is 1.56. The van der Waals surface area contributed by atoms with E-state index in [0.29, 0.717) is 31.6 Å². The summed E-state index contributed by atoms with van der Waals surface area (Å²) in [6.45, 7) is 3.12. The third kappa shape index (κ3) is 9.94. The van der Waals surface area contributed by atoms with Gasteiger partial charge in [0.1, 0.15) is 0 Å². The van der Waals surface area contributed by atoms with Crippen LogP contribution in [0.1, 0.15) is 32.6 Å². The molecule has 0 bridgehead atoms. The van der Waals surface area contributed by atoms with E-state index in [1.54, 1.807) is 7.11 Å². The molecule has 0 aromatic carbocycles. The molecule has 1 unspecified atom stereocenters. The van der Waals surface area contributed by atoms with E-state index in [-0.39, 0.29) is 35.9 Å². The lowest BCUT2D eigenvalue weighted by Gasteiger charge is -2.12. The van der Waals surface area contributed by atoms with Crippen molar-refractivity contribution in [2.75, 3.05) is 20.3 Å². The van der Waals surface area contributed by atoms with Gasteiger partial charge in [0.15, 0.2) is 5.96 Å². The summed E-state index contributed by atoms with van der Waals surface area (Å²) in [6, 6.07) is 0.569. The molecule has 0 aromatic heterocycles. The van der Waals surface area contributed by atoms with Crippen LogP contribution in [0.2, 0.25) is 0 Å². The van der Waals surface area contributed by atoms with Crippen LogP contribution in [0.25, 0.3) is 0 Å². The summed E-state index contributed by atoms with van der Waals surface area (Å²) in [7, 11) is 1.64. The number of carbonyl (C=O) groups excluding carboxylic acids is 1. The van der Waals surface area contributed by atoms with Crippen molar-refractivity contribution in [3.8, 4) is 0 Å². The molecule has 0 heterocycles. The van der Waals surface area contributed by atoms with Gasteiger partial charge in [-0.2, -0.15) is 0 Å². The lowest BCUT2D eigenvalue weighted by Crippen LogP contribution is -2.40. The Kier molecular flexibility index (Phi) is 9.94. The van der Waals surface area contributed by atoms with Gasteiger partial charge in [-0.1, -0.05) is 0 Å². The SMILES string of the molecule is COCC(C)NC(N)=NCCCC(=O)NC1CC1.I. The zero-order valence-electron chi connectivity index (χ0n) is 11.6. The van der Waals surface area contributed by atoms with Gasteiger partial charge in [0.2, 0.25) is 5.91 Å². The number of nitrogens with one attached hydrogen (secondary N) is 2. The van der Waals surface area contributed by atoms with E-state index in [1.807, 2.05) is 6.92 Å². The number of carbonyl (C=O) groups is 1. The third-order valence-corrected chi connectivity index (χ3v) is 2.60. The predicted octanol–water partition coefficient (Wildman–Crippen LogP) is 0.602. The maximum atomic E-state index is 11.4. The molecule has 1 atom stereocenters. The van der Waals surface area contributed by atoms with Crippen LogP contribution in [-0.2, 0) is 9.53 Å². The molecule has 0 saturated heterocycles. The fraction of sp³-hybridized carbons (Fsp3) is 0.833. The van der Waals surface area contributed by atoms with Crippen LogP contribution in [0, 0.1) is 0 Å². The Hall–Kier alpha value is -0.570. The Morgan fingerprint density at radius 2 is 2.21 bits per heavy atom. The summed E-state index contributed by atoms with van der Waals surface area (Å²) in [5.74, 6) is 0.522. The highest BCUT2D eigenvalue weighted by Gasteiger charge is 2.22. The normalized spacial score (nSPS) is 16.4. The topological polar surface area (TPSA) is 88.7 Å². The summed E-state index contributed by atoms with van der Waals surface area (Å²) in [4.78, 5) is 15.5. The molecule has 1 amide bonds. The van der Waals surface area contributed by atoms with E-state index in [0.717, 1.165) is 19.3 Å². The van der Waals surface area contributed by atoms with Crippen molar-refractivity contribution in [3.05, 3.63) is 0 Å². The highest BCUT2D eigenvalue weighted by molar-refractivity contribution is 14.0. The van der Waals surface area contributed by atoms with Gasteiger partial charge in [-0.05, 0) is 26.2 Å². The predicted molar refractivity (Wildman–Crippen MR) is 86.8 cm³/mol. The molecular formula is C12H25IN4O2. The van der Waals surface area contributed by atoms with Gasteiger partial charge >= 0.3 is 0 Å². The van der Waals surface area contributed by atoms with Crippen molar-refractivity contribution in [1.82, 2.24) is 10.6 Å². The van der Waals surface area contributed by atoms with Crippen LogP contribution in [0.4, 0.5) is 0 Å². The Bertz CT molecular complexity index is 295. The maximum Gasteiger partial charge on any atom is 0.220 e. The molecule has 0 aromatic rings. The van der Waals surface area contributed by atoms with Crippen molar-refractivity contribution >= 4 is 35.8 Å².